The zero-order valence-corrected chi connectivity index (χ0v) is 11.0. The highest BCUT2D eigenvalue weighted by Crippen LogP contribution is 2.35. The van der Waals surface area contributed by atoms with Crippen LogP contribution in [-0.2, 0) is 0 Å². The van der Waals surface area contributed by atoms with E-state index in [9.17, 15) is 24.4 Å². The molecular weight excluding hydrogens is 277 g/mol. The molecular formula is C11H12FNO5S. The third-order valence-electron chi connectivity index (χ3n) is 2.47. The van der Waals surface area contributed by atoms with E-state index in [-0.39, 0.29) is 4.90 Å². The van der Waals surface area contributed by atoms with E-state index in [1.54, 1.807) is 6.92 Å². The molecule has 1 aromatic carbocycles. The lowest BCUT2D eigenvalue weighted by molar-refractivity contribution is -0.387. The van der Waals surface area contributed by atoms with Crippen LogP contribution >= 0.6 is 11.8 Å². The third-order valence-corrected chi connectivity index (χ3v) is 3.81. The Bertz CT molecular complexity index is 520. The van der Waals surface area contributed by atoms with Crippen LogP contribution in [0.15, 0.2) is 17.0 Å². The van der Waals surface area contributed by atoms with Gasteiger partial charge in [0.1, 0.15) is 5.82 Å². The van der Waals surface area contributed by atoms with Crippen molar-refractivity contribution < 1.29 is 24.3 Å². The van der Waals surface area contributed by atoms with Crippen LogP contribution in [0.1, 0.15) is 24.2 Å². The number of benzene rings is 1. The number of thioether (sulfide) groups is 1. The highest BCUT2D eigenvalue weighted by Gasteiger charge is 2.24. The molecule has 8 heteroatoms. The average molecular weight is 289 g/mol. The maximum atomic E-state index is 13.4. The van der Waals surface area contributed by atoms with Crippen LogP contribution in [0.3, 0.4) is 0 Å². The smallest absolute Gasteiger partial charge is 0.338 e. The van der Waals surface area contributed by atoms with Gasteiger partial charge >= 0.3 is 5.97 Å². The quantitative estimate of drug-likeness (QED) is 0.490. The van der Waals surface area contributed by atoms with E-state index in [4.69, 9.17) is 5.11 Å². The molecule has 0 saturated heterocycles. The van der Waals surface area contributed by atoms with E-state index in [0.29, 0.717) is 6.07 Å². The van der Waals surface area contributed by atoms with Crippen molar-refractivity contribution in [1.82, 2.24) is 0 Å². The molecule has 0 aromatic heterocycles. The number of aromatic carboxylic acids is 1. The topological polar surface area (TPSA) is 101 Å². The number of aliphatic hydroxyl groups is 1. The van der Waals surface area contributed by atoms with E-state index in [1.165, 1.54) is 6.92 Å². The molecule has 0 saturated carbocycles. The molecule has 1 rings (SSSR count). The average Bonchev–Trinajstić information content (AvgIpc) is 2.29. The van der Waals surface area contributed by atoms with E-state index in [2.05, 4.69) is 0 Å². The molecule has 0 aliphatic rings. The second kappa shape index (κ2) is 5.98. The van der Waals surface area contributed by atoms with Crippen molar-refractivity contribution in [1.29, 1.82) is 0 Å². The van der Waals surface area contributed by atoms with Crippen molar-refractivity contribution in [3.8, 4) is 0 Å². The number of nitrogens with zero attached hydrogens (tertiary/aromatic N) is 1. The van der Waals surface area contributed by atoms with Crippen molar-refractivity contribution in [2.75, 3.05) is 0 Å². The maximum Gasteiger partial charge on any atom is 0.338 e. The lowest BCUT2D eigenvalue weighted by atomic mass is 10.2. The zero-order valence-electron chi connectivity index (χ0n) is 10.2. The Kier molecular flexibility index (Phi) is 4.84. The normalized spacial score (nSPS) is 13.9. The number of carboxylic acid groups (broad SMARTS) is 1. The summed E-state index contributed by atoms with van der Waals surface area (Å²) in [6, 6.07) is 1.50. The molecule has 0 spiro atoms. The minimum absolute atomic E-state index is 0.0113. The van der Waals surface area contributed by atoms with Gasteiger partial charge in [-0.05, 0) is 13.0 Å². The molecule has 19 heavy (non-hydrogen) atoms. The molecule has 2 N–H and O–H groups in total. The minimum atomic E-state index is -1.50. The van der Waals surface area contributed by atoms with Crippen molar-refractivity contribution in [2.24, 2.45) is 0 Å². The number of carbonyl (C=O) groups is 1. The second-order valence-corrected chi connectivity index (χ2v) is 5.34. The summed E-state index contributed by atoms with van der Waals surface area (Å²) in [5.74, 6) is -2.66. The number of halogens is 1. The first-order chi connectivity index (χ1) is 8.73. The van der Waals surface area contributed by atoms with Crippen molar-refractivity contribution >= 4 is 23.4 Å². The minimum Gasteiger partial charge on any atom is -0.478 e. The SMILES string of the molecule is CC(O)C(C)Sc1cc(C(=O)O)c(F)cc1[N+](=O)[O-]. The summed E-state index contributed by atoms with van der Waals surface area (Å²) < 4.78 is 13.4. The van der Waals surface area contributed by atoms with E-state index < -0.39 is 39.3 Å². The molecule has 0 fully saturated rings. The molecule has 0 aliphatic heterocycles. The monoisotopic (exact) mass is 289 g/mol. The first kappa shape index (κ1) is 15.4. The molecule has 104 valence electrons. The Morgan fingerprint density at radius 1 is 1.47 bits per heavy atom. The summed E-state index contributed by atoms with van der Waals surface area (Å²) in [6.45, 7) is 3.13. The zero-order chi connectivity index (χ0) is 14.7. The molecule has 0 heterocycles. The third kappa shape index (κ3) is 3.65. The highest BCUT2D eigenvalue weighted by molar-refractivity contribution is 8.00. The van der Waals surface area contributed by atoms with Gasteiger partial charge in [-0.3, -0.25) is 10.1 Å². The summed E-state index contributed by atoms with van der Waals surface area (Å²) in [4.78, 5) is 20.9. The van der Waals surface area contributed by atoms with Crippen LogP contribution < -0.4 is 0 Å². The number of aliphatic hydroxyl groups excluding tert-OH is 1. The lowest BCUT2D eigenvalue weighted by Gasteiger charge is -2.14. The first-order valence-electron chi connectivity index (χ1n) is 5.30. The molecule has 0 aliphatic carbocycles. The van der Waals surface area contributed by atoms with E-state index in [1.807, 2.05) is 0 Å². The largest absolute Gasteiger partial charge is 0.478 e. The molecule has 0 bridgehead atoms. The van der Waals surface area contributed by atoms with E-state index >= 15 is 0 Å². The molecule has 6 nitrogen and oxygen atoms in total. The maximum absolute atomic E-state index is 13.4. The number of nitro groups is 1. The van der Waals surface area contributed by atoms with Crippen molar-refractivity contribution in [3.05, 3.63) is 33.6 Å². The van der Waals surface area contributed by atoms with Gasteiger partial charge < -0.3 is 10.2 Å². The Morgan fingerprint density at radius 2 is 2.05 bits per heavy atom. The van der Waals surface area contributed by atoms with Crippen LogP contribution in [0.4, 0.5) is 10.1 Å². The molecule has 0 radical (unpaired) electrons. The summed E-state index contributed by atoms with van der Waals surface area (Å²) in [7, 11) is 0. The fourth-order valence-electron chi connectivity index (χ4n) is 1.24. The van der Waals surface area contributed by atoms with Gasteiger partial charge in [0.05, 0.1) is 27.6 Å². The Labute approximate surface area is 112 Å². The summed E-state index contributed by atoms with van der Waals surface area (Å²) >= 11 is 0.925. The number of nitro benzene ring substituents is 1. The lowest BCUT2D eigenvalue weighted by Crippen LogP contribution is -2.15. The van der Waals surface area contributed by atoms with Crippen molar-refractivity contribution in [3.63, 3.8) is 0 Å². The van der Waals surface area contributed by atoms with Crippen LogP contribution in [0.25, 0.3) is 0 Å². The van der Waals surface area contributed by atoms with Crippen LogP contribution in [0.2, 0.25) is 0 Å². The van der Waals surface area contributed by atoms with Crippen LogP contribution in [0.5, 0.6) is 0 Å². The highest BCUT2D eigenvalue weighted by atomic mass is 32.2. The fourth-order valence-corrected chi connectivity index (χ4v) is 2.28. The molecule has 2 atom stereocenters. The molecule has 0 amide bonds. The predicted octanol–water partition coefficient (Wildman–Crippen LogP) is 2.29. The summed E-state index contributed by atoms with van der Waals surface area (Å²) in [5, 5.41) is 28.6. The Balaban J connectivity index is 3.29. The second-order valence-electron chi connectivity index (χ2n) is 3.93. The predicted molar refractivity (Wildman–Crippen MR) is 67.0 cm³/mol. The van der Waals surface area contributed by atoms with Gasteiger partial charge in [-0.2, -0.15) is 0 Å². The number of rotatable bonds is 5. The summed E-state index contributed by atoms with van der Waals surface area (Å²) in [5.41, 5.74) is -1.15. The Hall–Kier alpha value is -1.67. The number of carboxylic acids is 1. The molecule has 1 aromatic rings. The van der Waals surface area contributed by atoms with Gasteiger partial charge in [0.25, 0.3) is 5.69 Å². The van der Waals surface area contributed by atoms with Gasteiger partial charge in [0, 0.05) is 5.25 Å². The Morgan fingerprint density at radius 3 is 2.47 bits per heavy atom. The van der Waals surface area contributed by atoms with Gasteiger partial charge in [-0.25, -0.2) is 9.18 Å². The fraction of sp³-hybridized carbons (Fsp3) is 0.364. The van der Waals surface area contributed by atoms with Gasteiger partial charge in [0.15, 0.2) is 0 Å². The standard InChI is InChI=1S/C11H12FNO5S/c1-5(14)6(2)19-10-3-7(11(15)16)8(12)4-9(10)13(17)18/h3-6,14H,1-2H3,(H,15,16). The first-order valence-corrected chi connectivity index (χ1v) is 6.18. The summed E-state index contributed by atoms with van der Waals surface area (Å²) in [6.07, 6.45) is -0.747. The number of hydrogen-bond acceptors (Lipinski definition) is 5. The molecule has 2 unspecified atom stereocenters. The van der Waals surface area contributed by atoms with Gasteiger partial charge in [-0.1, -0.05) is 6.92 Å². The van der Waals surface area contributed by atoms with Crippen LogP contribution in [0, 0.1) is 15.9 Å². The van der Waals surface area contributed by atoms with E-state index in [0.717, 1.165) is 17.8 Å². The van der Waals surface area contributed by atoms with Gasteiger partial charge in [-0.15, -0.1) is 11.8 Å². The van der Waals surface area contributed by atoms with Crippen LogP contribution in [-0.4, -0.2) is 32.5 Å². The van der Waals surface area contributed by atoms with Gasteiger partial charge in [0.2, 0.25) is 0 Å². The number of hydrogen-bond donors (Lipinski definition) is 2. The van der Waals surface area contributed by atoms with Crippen molar-refractivity contribution in [2.45, 2.75) is 30.1 Å².